The Morgan fingerprint density at radius 3 is 2.44 bits per heavy atom. The van der Waals surface area contributed by atoms with Gasteiger partial charge in [0.2, 0.25) is 0 Å². The van der Waals surface area contributed by atoms with Crippen molar-refractivity contribution in [3.8, 4) is 0 Å². The molecule has 3 heteroatoms. The van der Waals surface area contributed by atoms with Crippen LogP contribution in [-0.4, -0.2) is 11.9 Å². The van der Waals surface area contributed by atoms with Crippen LogP contribution in [0, 0.1) is 13.8 Å². The van der Waals surface area contributed by atoms with Gasteiger partial charge in [-0.15, -0.1) is 0 Å². The highest BCUT2D eigenvalue weighted by Gasteiger charge is 2.04. The summed E-state index contributed by atoms with van der Waals surface area (Å²) in [6, 6.07) is 0. The standard InChI is InChI=1S/C6H8N2O/c1-4-6(7-3)5(2)9-8-4/h3H2,1-2H3. The van der Waals surface area contributed by atoms with Crippen LogP contribution in [0.4, 0.5) is 5.69 Å². The van der Waals surface area contributed by atoms with E-state index in [2.05, 4.69) is 16.9 Å². The molecule has 1 aromatic rings. The Morgan fingerprint density at radius 1 is 1.56 bits per heavy atom. The molecular formula is C6H8N2O. The van der Waals surface area contributed by atoms with Crippen molar-refractivity contribution in [1.82, 2.24) is 5.16 Å². The second-order valence-electron chi connectivity index (χ2n) is 1.83. The van der Waals surface area contributed by atoms with Crippen LogP contribution >= 0.6 is 0 Å². The zero-order chi connectivity index (χ0) is 6.85. The Bertz CT molecular complexity index is 207. The van der Waals surface area contributed by atoms with Crippen molar-refractivity contribution >= 4 is 12.4 Å². The zero-order valence-corrected chi connectivity index (χ0v) is 5.51. The Morgan fingerprint density at radius 2 is 2.22 bits per heavy atom. The van der Waals surface area contributed by atoms with Crippen LogP contribution in [0.5, 0.6) is 0 Å². The molecule has 0 radical (unpaired) electrons. The average molecular weight is 124 g/mol. The zero-order valence-electron chi connectivity index (χ0n) is 5.51. The Labute approximate surface area is 53.4 Å². The van der Waals surface area contributed by atoms with Gasteiger partial charge in [-0.3, -0.25) is 4.99 Å². The monoisotopic (exact) mass is 124 g/mol. The lowest BCUT2D eigenvalue weighted by atomic mass is 10.3. The predicted molar refractivity (Wildman–Crippen MR) is 35.2 cm³/mol. The minimum absolute atomic E-state index is 0.725. The molecule has 0 spiro atoms. The van der Waals surface area contributed by atoms with Crippen LogP contribution in [0.2, 0.25) is 0 Å². The molecule has 0 saturated heterocycles. The van der Waals surface area contributed by atoms with Crippen LogP contribution in [-0.2, 0) is 0 Å². The largest absolute Gasteiger partial charge is 0.359 e. The predicted octanol–water partition coefficient (Wildman–Crippen LogP) is 1.62. The van der Waals surface area contributed by atoms with Crippen molar-refractivity contribution in [2.24, 2.45) is 4.99 Å². The lowest BCUT2D eigenvalue weighted by Gasteiger charge is -1.83. The maximum Gasteiger partial charge on any atom is 0.159 e. The minimum atomic E-state index is 0.725. The van der Waals surface area contributed by atoms with Crippen LogP contribution in [0.15, 0.2) is 9.52 Å². The normalized spacial score (nSPS) is 9.56. The second kappa shape index (κ2) is 2.01. The van der Waals surface area contributed by atoms with Gasteiger partial charge in [-0.1, -0.05) is 5.16 Å². The highest BCUT2D eigenvalue weighted by atomic mass is 16.5. The smallest absolute Gasteiger partial charge is 0.159 e. The summed E-state index contributed by atoms with van der Waals surface area (Å²) in [7, 11) is 0. The van der Waals surface area contributed by atoms with E-state index in [9.17, 15) is 0 Å². The van der Waals surface area contributed by atoms with Crippen LogP contribution < -0.4 is 0 Å². The van der Waals surface area contributed by atoms with E-state index >= 15 is 0 Å². The summed E-state index contributed by atoms with van der Waals surface area (Å²) < 4.78 is 4.80. The average Bonchev–Trinajstić information content (AvgIpc) is 2.12. The third-order valence-electron chi connectivity index (χ3n) is 1.15. The summed E-state index contributed by atoms with van der Waals surface area (Å²) in [4.78, 5) is 3.72. The summed E-state index contributed by atoms with van der Waals surface area (Å²) in [6.07, 6.45) is 0. The van der Waals surface area contributed by atoms with Gasteiger partial charge in [0.25, 0.3) is 0 Å². The minimum Gasteiger partial charge on any atom is -0.359 e. The molecule has 9 heavy (non-hydrogen) atoms. The van der Waals surface area contributed by atoms with E-state index in [-0.39, 0.29) is 0 Å². The summed E-state index contributed by atoms with van der Waals surface area (Å²) in [6.45, 7) is 7.02. The van der Waals surface area contributed by atoms with E-state index in [1.165, 1.54) is 0 Å². The molecule has 0 saturated carbocycles. The number of aliphatic imine (C=N–C) groups is 1. The van der Waals surface area contributed by atoms with Gasteiger partial charge in [-0.25, -0.2) is 0 Å². The number of rotatable bonds is 1. The first-order valence-electron chi connectivity index (χ1n) is 2.65. The van der Waals surface area contributed by atoms with Crippen molar-refractivity contribution in [3.63, 3.8) is 0 Å². The lowest BCUT2D eigenvalue weighted by molar-refractivity contribution is 0.393. The molecule has 0 bridgehead atoms. The maximum atomic E-state index is 4.80. The first kappa shape index (κ1) is 6.01. The van der Waals surface area contributed by atoms with Crippen molar-refractivity contribution in [2.75, 3.05) is 0 Å². The molecule has 48 valence electrons. The number of hydrogen-bond acceptors (Lipinski definition) is 3. The molecule has 1 aromatic heterocycles. The molecule has 0 aromatic carbocycles. The third kappa shape index (κ3) is 0.850. The van der Waals surface area contributed by atoms with Gasteiger partial charge in [-0.2, -0.15) is 0 Å². The highest BCUT2D eigenvalue weighted by Crippen LogP contribution is 2.20. The van der Waals surface area contributed by atoms with E-state index in [4.69, 9.17) is 4.52 Å². The molecule has 1 heterocycles. The van der Waals surface area contributed by atoms with Crippen molar-refractivity contribution < 1.29 is 4.52 Å². The Balaban J connectivity index is 3.22. The van der Waals surface area contributed by atoms with Crippen LogP contribution in [0.3, 0.4) is 0 Å². The maximum absolute atomic E-state index is 4.80. The van der Waals surface area contributed by atoms with Crippen molar-refractivity contribution in [2.45, 2.75) is 13.8 Å². The molecule has 0 aliphatic rings. The van der Waals surface area contributed by atoms with E-state index in [0.717, 1.165) is 17.1 Å². The Hall–Kier alpha value is -1.12. The molecule has 0 N–H and O–H groups in total. The van der Waals surface area contributed by atoms with E-state index < -0.39 is 0 Å². The van der Waals surface area contributed by atoms with Crippen molar-refractivity contribution in [3.05, 3.63) is 11.5 Å². The van der Waals surface area contributed by atoms with E-state index in [1.54, 1.807) is 0 Å². The van der Waals surface area contributed by atoms with Gasteiger partial charge in [-0.05, 0) is 20.6 Å². The molecule has 3 nitrogen and oxygen atoms in total. The number of aryl methyl sites for hydroxylation is 2. The molecule has 0 aliphatic heterocycles. The first-order valence-corrected chi connectivity index (χ1v) is 2.65. The number of hydrogen-bond donors (Lipinski definition) is 0. The fourth-order valence-electron chi connectivity index (χ4n) is 0.704. The van der Waals surface area contributed by atoms with E-state index in [1.807, 2.05) is 13.8 Å². The summed E-state index contributed by atoms with van der Waals surface area (Å²) in [5.74, 6) is 0.725. The highest BCUT2D eigenvalue weighted by molar-refractivity contribution is 5.50. The molecular weight excluding hydrogens is 116 g/mol. The molecule has 0 aliphatic carbocycles. The van der Waals surface area contributed by atoms with Crippen LogP contribution in [0.25, 0.3) is 0 Å². The first-order chi connectivity index (χ1) is 4.25. The van der Waals surface area contributed by atoms with Gasteiger partial charge in [0.1, 0.15) is 11.4 Å². The van der Waals surface area contributed by atoms with E-state index in [0.29, 0.717) is 0 Å². The quantitative estimate of drug-likeness (QED) is 0.533. The van der Waals surface area contributed by atoms with Gasteiger partial charge in [0.15, 0.2) is 5.76 Å². The number of aromatic nitrogens is 1. The summed E-state index contributed by atoms with van der Waals surface area (Å²) in [5, 5.41) is 3.68. The summed E-state index contributed by atoms with van der Waals surface area (Å²) >= 11 is 0. The van der Waals surface area contributed by atoms with Gasteiger partial charge in [0, 0.05) is 0 Å². The Kier molecular flexibility index (Phi) is 1.34. The van der Waals surface area contributed by atoms with Gasteiger partial charge >= 0.3 is 0 Å². The topological polar surface area (TPSA) is 38.4 Å². The molecule has 0 fully saturated rings. The summed E-state index contributed by atoms with van der Waals surface area (Å²) in [5.41, 5.74) is 1.55. The van der Waals surface area contributed by atoms with Gasteiger partial charge < -0.3 is 4.52 Å². The molecule has 0 atom stereocenters. The van der Waals surface area contributed by atoms with Gasteiger partial charge in [0.05, 0.1) is 0 Å². The third-order valence-corrected chi connectivity index (χ3v) is 1.15. The fraction of sp³-hybridized carbons (Fsp3) is 0.333. The molecule has 0 amide bonds. The van der Waals surface area contributed by atoms with Crippen molar-refractivity contribution in [1.29, 1.82) is 0 Å². The second-order valence-corrected chi connectivity index (χ2v) is 1.83. The SMILES string of the molecule is C=Nc1c(C)noc1C. The molecule has 1 rings (SSSR count). The number of nitrogens with zero attached hydrogens (tertiary/aromatic N) is 2. The fourth-order valence-corrected chi connectivity index (χ4v) is 0.704. The van der Waals surface area contributed by atoms with Crippen LogP contribution in [0.1, 0.15) is 11.5 Å². The molecule has 0 unspecified atom stereocenters. The lowest BCUT2D eigenvalue weighted by Crippen LogP contribution is -1.66.